The summed E-state index contributed by atoms with van der Waals surface area (Å²) in [6, 6.07) is 7.67. The Morgan fingerprint density at radius 1 is 0.965 bits per heavy atom. The third-order valence-corrected chi connectivity index (χ3v) is 12.0. The molecule has 3 aliphatic heterocycles. The summed E-state index contributed by atoms with van der Waals surface area (Å²) in [5.74, 6) is -7.02. The number of fused-ring (bicyclic) bond motifs is 1. The van der Waals surface area contributed by atoms with Crippen molar-refractivity contribution in [2.45, 2.75) is 142 Å². The lowest BCUT2D eigenvalue weighted by Crippen LogP contribution is -2.61. The van der Waals surface area contributed by atoms with E-state index in [0.717, 1.165) is 5.56 Å². The van der Waals surface area contributed by atoms with E-state index in [4.69, 9.17) is 33.2 Å². The number of carbonyl (C=O) groups is 6. The van der Waals surface area contributed by atoms with Gasteiger partial charge in [-0.1, -0.05) is 58.0 Å². The quantitative estimate of drug-likeness (QED) is 0.184. The fraction of sp³-hybridized carbons (Fsp3) is 0.714. The van der Waals surface area contributed by atoms with Crippen molar-refractivity contribution in [2.75, 3.05) is 27.7 Å². The van der Waals surface area contributed by atoms with Crippen molar-refractivity contribution in [2.24, 2.45) is 23.7 Å². The van der Waals surface area contributed by atoms with Crippen LogP contribution in [0.2, 0.25) is 0 Å². The number of hydrogen-bond acceptors (Lipinski definition) is 14. The molecular formula is C42H62N2O13. The fourth-order valence-electron chi connectivity index (χ4n) is 8.87. The minimum atomic E-state index is -1.60. The molecule has 0 spiro atoms. The molecule has 15 nitrogen and oxygen atoms in total. The SMILES string of the molecule is CC[C@H]1OC(=O)[C@H](C)C(=O)[C@H](C)[C@@H](O[C@@H]2O[C@H](C)C[C@H](N(C)C)[C@H]2OC(C)=O)[C@](C)(OC)C[C@@H](C)C(=O)[C@H](C)[C@H]2N(CC(=O)OCc3ccccc3)C(=O)O[C@]12C. The number of cyclic esters (lactones) is 1. The van der Waals surface area contributed by atoms with Gasteiger partial charge in [0, 0.05) is 31.8 Å². The summed E-state index contributed by atoms with van der Waals surface area (Å²) in [7, 11) is 5.16. The first-order chi connectivity index (χ1) is 26.7. The summed E-state index contributed by atoms with van der Waals surface area (Å²) >= 11 is 0. The fourth-order valence-corrected chi connectivity index (χ4v) is 8.87. The van der Waals surface area contributed by atoms with Crippen LogP contribution in [0.1, 0.15) is 87.1 Å². The second-order valence-corrected chi connectivity index (χ2v) is 16.5. The minimum Gasteiger partial charge on any atom is -0.459 e. The van der Waals surface area contributed by atoms with Crippen LogP contribution in [-0.2, 0) is 63.7 Å². The van der Waals surface area contributed by atoms with Gasteiger partial charge in [0.2, 0.25) is 0 Å². The van der Waals surface area contributed by atoms with Gasteiger partial charge >= 0.3 is 24.0 Å². The van der Waals surface area contributed by atoms with Crippen molar-refractivity contribution in [3.63, 3.8) is 0 Å². The van der Waals surface area contributed by atoms with Crippen LogP contribution in [0.15, 0.2) is 30.3 Å². The standard InChI is InChI=1S/C42H62N2O13/c1-13-31-42(9)36(44(40(50)57-42)21-32(46)52-22-29-17-15-14-16-18-29)25(4)33(47)23(2)20-41(8,51-12)37(26(5)34(48)27(6)38(49)55-31)56-39-35(54-28(7)45)30(43(10)11)19-24(3)53-39/h14-18,23-27,30-31,35-37,39H,13,19-22H2,1-12H3/t23-,24-,25+,26+,27-,30+,31-,35-,36-,37-,39+,41-,42-/m1/s1. The average Bonchev–Trinajstić information content (AvgIpc) is 3.42. The Hall–Kier alpha value is -3.92. The number of benzene rings is 1. The van der Waals surface area contributed by atoms with Crippen LogP contribution in [0.5, 0.6) is 0 Å². The summed E-state index contributed by atoms with van der Waals surface area (Å²) in [5.41, 5.74) is -2.22. The van der Waals surface area contributed by atoms with Crippen LogP contribution in [0, 0.1) is 23.7 Å². The highest BCUT2D eigenvalue weighted by atomic mass is 16.7. The molecule has 3 aliphatic rings. The number of ketones is 2. The summed E-state index contributed by atoms with van der Waals surface area (Å²) in [6.07, 6.45) is -4.76. The number of nitrogens with zero attached hydrogens (tertiary/aromatic N) is 2. The Kier molecular flexibility index (Phi) is 15.1. The van der Waals surface area contributed by atoms with Gasteiger partial charge in [-0.2, -0.15) is 0 Å². The van der Waals surface area contributed by atoms with Gasteiger partial charge < -0.3 is 38.1 Å². The molecule has 57 heavy (non-hydrogen) atoms. The molecule has 15 heteroatoms. The third kappa shape index (κ3) is 10.0. The van der Waals surface area contributed by atoms with Crippen LogP contribution < -0.4 is 0 Å². The highest BCUT2D eigenvalue weighted by Gasteiger charge is 2.61. The van der Waals surface area contributed by atoms with E-state index in [2.05, 4.69) is 0 Å². The molecule has 1 aromatic rings. The van der Waals surface area contributed by atoms with Gasteiger partial charge in [-0.25, -0.2) is 4.79 Å². The lowest BCUT2D eigenvalue weighted by molar-refractivity contribution is -0.298. The number of amides is 1. The van der Waals surface area contributed by atoms with Crippen LogP contribution in [-0.4, -0.2) is 127 Å². The Balaban J connectivity index is 1.76. The van der Waals surface area contributed by atoms with Gasteiger partial charge in [0.15, 0.2) is 23.8 Å². The highest BCUT2D eigenvalue weighted by molar-refractivity contribution is 6.00. The van der Waals surface area contributed by atoms with Gasteiger partial charge in [0.05, 0.1) is 29.9 Å². The van der Waals surface area contributed by atoms with Crippen LogP contribution in [0.3, 0.4) is 0 Å². The molecule has 0 saturated carbocycles. The van der Waals surface area contributed by atoms with Gasteiger partial charge in [-0.05, 0) is 66.6 Å². The van der Waals surface area contributed by atoms with Crippen LogP contribution in [0.4, 0.5) is 4.79 Å². The molecule has 13 atom stereocenters. The molecular weight excluding hydrogens is 740 g/mol. The molecule has 0 aliphatic carbocycles. The van der Waals surface area contributed by atoms with E-state index in [1.54, 1.807) is 53.7 Å². The Morgan fingerprint density at radius 2 is 1.61 bits per heavy atom. The summed E-state index contributed by atoms with van der Waals surface area (Å²) in [5, 5.41) is 0. The zero-order valence-corrected chi connectivity index (χ0v) is 35.5. The van der Waals surface area contributed by atoms with E-state index in [0.29, 0.717) is 6.42 Å². The molecule has 4 rings (SSSR count). The zero-order chi connectivity index (χ0) is 42.6. The number of methoxy groups -OCH3 is 1. The van der Waals surface area contributed by atoms with Gasteiger partial charge in [-0.3, -0.25) is 28.9 Å². The maximum atomic E-state index is 14.7. The molecule has 1 aromatic carbocycles. The number of hydrogen-bond donors (Lipinski definition) is 0. The molecule has 0 bridgehead atoms. The zero-order valence-electron chi connectivity index (χ0n) is 35.5. The topological polar surface area (TPSA) is 174 Å². The molecule has 0 N–H and O–H groups in total. The molecule has 0 aromatic heterocycles. The molecule has 0 radical (unpaired) electrons. The summed E-state index contributed by atoms with van der Waals surface area (Å²) in [6.45, 7) is 14.1. The second-order valence-electron chi connectivity index (χ2n) is 16.5. The van der Waals surface area contributed by atoms with Crippen LogP contribution >= 0.6 is 0 Å². The molecule has 3 saturated heterocycles. The Bertz CT molecular complexity index is 1620. The first-order valence-electron chi connectivity index (χ1n) is 19.9. The van der Waals surface area contributed by atoms with E-state index >= 15 is 0 Å². The summed E-state index contributed by atoms with van der Waals surface area (Å²) < 4.78 is 42.5. The van der Waals surface area contributed by atoms with E-state index in [9.17, 15) is 28.8 Å². The van der Waals surface area contributed by atoms with Crippen molar-refractivity contribution < 1.29 is 61.9 Å². The molecule has 1 amide bonds. The minimum absolute atomic E-state index is 0.0277. The van der Waals surface area contributed by atoms with Crippen molar-refractivity contribution in [1.29, 1.82) is 0 Å². The molecule has 318 valence electrons. The van der Waals surface area contributed by atoms with Crippen molar-refractivity contribution >= 4 is 35.6 Å². The third-order valence-electron chi connectivity index (χ3n) is 12.0. The van der Waals surface area contributed by atoms with Crippen molar-refractivity contribution in [3.8, 4) is 0 Å². The average molecular weight is 803 g/mol. The molecule has 3 heterocycles. The Labute approximate surface area is 336 Å². The van der Waals surface area contributed by atoms with E-state index in [1.165, 1.54) is 25.9 Å². The number of Topliss-reactive ketones (excluding diaryl/α,β-unsaturated/α-hetero) is 2. The normalized spacial score (nSPS) is 36.9. The predicted octanol–water partition coefficient (Wildman–Crippen LogP) is 4.50. The van der Waals surface area contributed by atoms with Gasteiger partial charge in [-0.15, -0.1) is 0 Å². The molecule has 0 unspecified atom stereocenters. The molecule has 3 fully saturated rings. The number of carbonyl (C=O) groups excluding carboxylic acids is 6. The largest absolute Gasteiger partial charge is 0.459 e. The van der Waals surface area contributed by atoms with E-state index in [-0.39, 0.29) is 37.4 Å². The van der Waals surface area contributed by atoms with Crippen molar-refractivity contribution in [1.82, 2.24) is 9.80 Å². The number of esters is 3. The van der Waals surface area contributed by atoms with Gasteiger partial charge in [0.1, 0.15) is 31.0 Å². The number of ether oxygens (including phenoxy) is 7. The predicted molar refractivity (Wildman–Crippen MR) is 205 cm³/mol. The second kappa shape index (κ2) is 18.8. The lowest BCUT2D eigenvalue weighted by atomic mass is 9.73. The lowest BCUT2D eigenvalue weighted by Gasteiger charge is -2.47. The van der Waals surface area contributed by atoms with E-state index < -0.39 is 102 Å². The number of rotatable bonds is 10. The highest BCUT2D eigenvalue weighted by Crippen LogP contribution is 2.43. The first kappa shape index (κ1) is 45.8. The maximum Gasteiger partial charge on any atom is 0.411 e. The van der Waals surface area contributed by atoms with E-state index in [1.807, 2.05) is 44.1 Å². The first-order valence-corrected chi connectivity index (χ1v) is 19.9. The Morgan fingerprint density at radius 3 is 2.19 bits per heavy atom. The van der Waals surface area contributed by atoms with Gasteiger partial charge in [0.25, 0.3) is 0 Å². The van der Waals surface area contributed by atoms with Crippen LogP contribution in [0.25, 0.3) is 0 Å². The smallest absolute Gasteiger partial charge is 0.411 e. The van der Waals surface area contributed by atoms with Crippen molar-refractivity contribution in [3.05, 3.63) is 35.9 Å². The maximum absolute atomic E-state index is 14.7. The number of likely N-dealkylation sites (N-methyl/N-ethyl adjacent to an activating group) is 1. The summed E-state index contributed by atoms with van der Waals surface area (Å²) in [4.78, 5) is 85.4. The monoisotopic (exact) mass is 802 g/mol.